The highest BCUT2D eigenvalue weighted by Gasteiger charge is 2.15. The zero-order chi connectivity index (χ0) is 19.0. The van der Waals surface area contributed by atoms with Crippen LogP contribution in [-0.2, 0) is 10.0 Å². The van der Waals surface area contributed by atoms with Crippen LogP contribution >= 0.6 is 23.4 Å². The van der Waals surface area contributed by atoms with Crippen molar-refractivity contribution >= 4 is 39.3 Å². The average Bonchev–Trinajstić information content (AvgIpc) is 2.65. The summed E-state index contributed by atoms with van der Waals surface area (Å²) in [7, 11) is -3.66. The molecule has 0 aliphatic carbocycles. The molecule has 0 saturated heterocycles. The second-order valence-corrected chi connectivity index (χ2v) is 8.60. The molecule has 0 unspecified atom stereocenters. The monoisotopic (exact) mass is 410 g/mol. The maximum atomic E-state index is 12.2. The standard InChI is InChI=1S/C18H19ClN2O3S2/c1-2-10-21-26(23,24)17-5-3-4-14(13-17)18(22)20-11-12-25-16-8-6-15(19)7-9-16/h2-9,13,21H,1,10-12H2,(H,20,22). The number of benzene rings is 2. The van der Waals surface area contributed by atoms with Gasteiger partial charge in [0.05, 0.1) is 4.90 Å². The van der Waals surface area contributed by atoms with Crippen molar-refractivity contribution < 1.29 is 13.2 Å². The number of hydrogen-bond acceptors (Lipinski definition) is 4. The minimum Gasteiger partial charge on any atom is -0.351 e. The van der Waals surface area contributed by atoms with Gasteiger partial charge in [-0.05, 0) is 42.5 Å². The highest BCUT2D eigenvalue weighted by Crippen LogP contribution is 2.19. The van der Waals surface area contributed by atoms with Crippen molar-refractivity contribution in [2.75, 3.05) is 18.8 Å². The predicted octanol–water partition coefficient (Wildman–Crippen LogP) is 3.33. The van der Waals surface area contributed by atoms with E-state index in [4.69, 9.17) is 11.6 Å². The lowest BCUT2D eigenvalue weighted by Gasteiger charge is -2.08. The van der Waals surface area contributed by atoms with Gasteiger partial charge in [-0.1, -0.05) is 23.7 Å². The molecule has 0 atom stereocenters. The summed E-state index contributed by atoms with van der Waals surface area (Å²) in [6, 6.07) is 13.4. The Morgan fingerprint density at radius 2 is 1.92 bits per heavy atom. The number of amides is 1. The molecule has 0 radical (unpaired) electrons. The van der Waals surface area contributed by atoms with Crippen molar-refractivity contribution in [2.24, 2.45) is 0 Å². The van der Waals surface area contributed by atoms with E-state index in [1.807, 2.05) is 24.3 Å². The molecule has 26 heavy (non-hydrogen) atoms. The Morgan fingerprint density at radius 3 is 2.62 bits per heavy atom. The van der Waals surface area contributed by atoms with Gasteiger partial charge in [-0.25, -0.2) is 13.1 Å². The number of hydrogen-bond donors (Lipinski definition) is 2. The predicted molar refractivity (Wildman–Crippen MR) is 106 cm³/mol. The number of carbonyl (C=O) groups excluding carboxylic acids is 1. The molecule has 8 heteroatoms. The third-order valence-corrected chi connectivity index (χ3v) is 5.98. The Hall–Kier alpha value is -1.80. The van der Waals surface area contributed by atoms with Crippen LogP contribution in [0.15, 0.2) is 71.0 Å². The average molecular weight is 411 g/mol. The minimum absolute atomic E-state index is 0.0440. The molecular weight excluding hydrogens is 392 g/mol. The quantitative estimate of drug-likeness (QED) is 0.377. The molecule has 138 valence electrons. The van der Waals surface area contributed by atoms with E-state index in [2.05, 4.69) is 16.6 Å². The molecule has 2 rings (SSSR count). The Morgan fingerprint density at radius 1 is 1.19 bits per heavy atom. The topological polar surface area (TPSA) is 75.3 Å². The molecule has 0 spiro atoms. The van der Waals surface area contributed by atoms with Gasteiger partial charge in [-0.3, -0.25) is 4.79 Å². The number of halogens is 1. The van der Waals surface area contributed by atoms with Crippen LogP contribution in [0.1, 0.15) is 10.4 Å². The second-order valence-electron chi connectivity index (χ2n) is 5.23. The van der Waals surface area contributed by atoms with Gasteiger partial charge in [0.15, 0.2) is 0 Å². The van der Waals surface area contributed by atoms with Crippen molar-refractivity contribution in [3.05, 3.63) is 71.8 Å². The molecular formula is C18H19ClN2O3S2. The van der Waals surface area contributed by atoms with Crippen LogP contribution in [0.4, 0.5) is 0 Å². The van der Waals surface area contributed by atoms with E-state index < -0.39 is 10.0 Å². The van der Waals surface area contributed by atoms with Gasteiger partial charge in [0.25, 0.3) is 5.91 Å². The highest BCUT2D eigenvalue weighted by molar-refractivity contribution is 7.99. The molecule has 0 aliphatic rings. The number of nitrogens with one attached hydrogen (secondary N) is 2. The summed E-state index contributed by atoms with van der Waals surface area (Å²) in [4.78, 5) is 13.3. The van der Waals surface area contributed by atoms with E-state index in [0.717, 1.165) is 4.90 Å². The third-order valence-electron chi connectivity index (χ3n) is 3.29. The Labute approximate surface area is 162 Å². The summed E-state index contributed by atoms with van der Waals surface area (Å²) in [5.41, 5.74) is 0.294. The zero-order valence-electron chi connectivity index (χ0n) is 13.9. The number of sulfonamides is 1. The largest absolute Gasteiger partial charge is 0.351 e. The summed E-state index contributed by atoms with van der Waals surface area (Å²) in [6.45, 7) is 4.05. The van der Waals surface area contributed by atoms with Crippen molar-refractivity contribution in [3.63, 3.8) is 0 Å². The Kier molecular flexibility index (Phi) is 7.71. The molecule has 0 heterocycles. The van der Waals surface area contributed by atoms with Gasteiger partial charge < -0.3 is 5.32 Å². The van der Waals surface area contributed by atoms with E-state index in [9.17, 15) is 13.2 Å². The van der Waals surface area contributed by atoms with E-state index in [1.54, 1.807) is 23.9 Å². The lowest BCUT2D eigenvalue weighted by Crippen LogP contribution is -2.27. The summed E-state index contributed by atoms with van der Waals surface area (Å²) in [5, 5.41) is 3.47. The summed E-state index contributed by atoms with van der Waals surface area (Å²) in [6.07, 6.45) is 1.45. The molecule has 0 aliphatic heterocycles. The van der Waals surface area contributed by atoms with Gasteiger partial charge in [0.1, 0.15) is 0 Å². The minimum atomic E-state index is -3.66. The lowest BCUT2D eigenvalue weighted by atomic mass is 10.2. The zero-order valence-corrected chi connectivity index (χ0v) is 16.3. The van der Waals surface area contributed by atoms with Crippen LogP contribution in [0.3, 0.4) is 0 Å². The number of carbonyl (C=O) groups is 1. The van der Waals surface area contributed by atoms with Crippen LogP contribution < -0.4 is 10.0 Å². The molecule has 0 bridgehead atoms. The van der Waals surface area contributed by atoms with Crippen LogP contribution in [0.25, 0.3) is 0 Å². The Balaban J connectivity index is 1.90. The number of rotatable bonds is 9. The van der Waals surface area contributed by atoms with Crippen LogP contribution in [-0.4, -0.2) is 33.2 Å². The van der Waals surface area contributed by atoms with Gasteiger partial charge in [-0.15, -0.1) is 18.3 Å². The second kappa shape index (κ2) is 9.78. The third kappa shape index (κ3) is 6.17. The molecule has 2 N–H and O–H groups in total. The van der Waals surface area contributed by atoms with Gasteiger partial charge >= 0.3 is 0 Å². The van der Waals surface area contributed by atoms with Crippen LogP contribution in [0.5, 0.6) is 0 Å². The normalized spacial score (nSPS) is 11.1. The first-order chi connectivity index (χ1) is 12.4. The first-order valence-corrected chi connectivity index (χ1v) is 10.6. The maximum Gasteiger partial charge on any atom is 0.251 e. The van der Waals surface area contributed by atoms with Crippen molar-refractivity contribution in [2.45, 2.75) is 9.79 Å². The fourth-order valence-corrected chi connectivity index (χ4v) is 3.96. The first kappa shape index (κ1) is 20.5. The van der Waals surface area contributed by atoms with Crippen LogP contribution in [0.2, 0.25) is 5.02 Å². The van der Waals surface area contributed by atoms with Gasteiger partial charge in [0, 0.05) is 34.3 Å². The van der Waals surface area contributed by atoms with Crippen molar-refractivity contribution in [1.29, 1.82) is 0 Å². The lowest BCUT2D eigenvalue weighted by molar-refractivity contribution is 0.0956. The molecule has 0 fully saturated rings. The highest BCUT2D eigenvalue weighted by atomic mass is 35.5. The van der Waals surface area contributed by atoms with E-state index >= 15 is 0 Å². The van der Waals surface area contributed by atoms with E-state index in [1.165, 1.54) is 18.2 Å². The van der Waals surface area contributed by atoms with E-state index in [0.29, 0.717) is 22.9 Å². The Bertz CT molecular complexity index is 868. The van der Waals surface area contributed by atoms with E-state index in [-0.39, 0.29) is 17.3 Å². The summed E-state index contributed by atoms with van der Waals surface area (Å²) < 4.78 is 26.6. The van der Waals surface area contributed by atoms with Gasteiger partial charge in [-0.2, -0.15) is 0 Å². The van der Waals surface area contributed by atoms with Crippen molar-refractivity contribution in [1.82, 2.24) is 10.0 Å². The molecule has 2 aromatic carbocycles. The first-order valence-electron chi connectivity index (χ1n) is 7.79. The number of thioether (sulfide) groups is 1. The SMILES string of the molecule is C=CCNS(=O)(=O)c1cccc(C(=O)NCCSc2ccc(Cl)cc2)c1. The van der Waals surface area contributed by atoms with Gasteiger partial charge in [0.2, 0.25) is 10.0 Å². The summed E-state index contributed by atoms with van der Waals surface area (Å²) in [5.74, 6) is 0.370. The molecule has 2 aromatic rings. The fourth-order valence-electron chi connectivity index (χ4n) is 2.02. The fraction of sp³-hybridized carbons (Fsp3) is 0.167. The molecule has 0 saturated carbocycles. The molecule has 0 aromatic heterocycles. The van der Waals surface area contributed by atoms with Crippen molar-refractivity contribution in [3.8, 4) is 0 Å². The summed E-state index contributed by atoms with van der Waals surface area (Å²) >= 11 is 7.43. The molecule has 1 amide bonds. The van der Waals surface area contributed by atoms with Crippen LogP contribution in [0, 0.1) is 0 Å². The smallest absolute Gasteiger partial charge is 0.251 e. The maximum absolute atomic E-state index is 12.2. The molecule has 5 nitrogen and oxygen atoms in total.